The van der Waals surface area contributed by atoms with Gasteiger partial charge in [0, 0.05) is 24.0 Å². The molecule has 1 aliphatic carbocycles. The quantitative estimate of drug-likeness (QED) is 0.795. The van der Waals surface area contributed by atoms with Crippen LogP contribution in [0.5, 0.6) is 0 Å². The van der Waals surface area contributed by atoms with E-state index in [0.29, 0.717) is 0 Å². The standard InChI is InChI=1S/C19H16FN3O/c20-14-5-1-4-13(10-14)17-12-18(17)19(24)22-15-6-2-7-16(11-15)23-9-3-8-21-23/h1-11,17-18H,12H2,(H,22,24)/t17-,18+/m1/s1. The molecule has 24 heavy (non-hydrogen) atoms. The molecule has 1 aromatic heterocycles. The Balaban J connectivity index is 1.45. The van der Waals surface area contributed by atoms with Crippen LogP contribution < -0.4 is 5.32 Å². The lowest BCUT2D eigenvalue weighted by molar-refractivity contribution is -0.117. The summed E-state index contributed by atoms with van der Waals surface area (Å²) in [5.41, 5.74) is 2.51. The fourth-order valence-corrected chi connectivity index (χ4v) is 2.97. The summed E-state index contributed by atoms with van der Waals surface area (Å²) >= 11 is 0. The van der Waals surface area contributed by atoms with E-state index >= 15 is 0 Å². The number of benzene rings is 2. The fourth-order valence-electron chi connectivity index (χ4n) is 2.97. The van der Waals surface area contributed by atoms with Crippen molar-refractivity contribution >= 4 is 11.6 Å². The van der Waals surface area contributed by atoms with Crippen LogP contribution in [0.25, 0.3) is 5.69 Å². The third kappa shape index (κ3) is 2.93. The van der Waals surface area contributed by atoms with Crippen LogP contribution in [0.3, 0.4) is 0 Å². The first-order valence-electron chi connectivity index (χ1n) is 7.87. The lowest BCUT2D eigenvalue weighted by atomic mass is 10.1. The number of nitrogens with zero attached hydrogens (tertiary/aromatic N) is 2. The van der Waals surface area contributed by atoms with Gasteiger partial charge in [0.1, 0.15) is 5.82 Å². The van der Waals surface area contributed by atoms with Gasteiger partial charge in [-0.05, 0) is 54.3 Å². The maximum absolute atomic E-state index is 13.3. The summed E-state index contributed by atoms with van der Waals surface area (Å²) in [5.74, 6) is -0.275. The summed E-state index contributed by atoms with van der Waals surface area (Å²) in [6.07, 6.45) is 4.31. The Morgan fingerprint density at radius 3 is 2.83 bits per heavy atom. The molecular formula is C19H16FN3O. The average molecular weight is 321 g/mol. The maximum atomic E-state index is 13.3. The van der Waals surface area contributed by atoms with E-state index in [0.717, 1.165) is 23.4 Å². The second-order valence-corrected chi connectivity index (χ2v) is 5.99. The molecule has 4 rings (SSSR count). The first kappa shape index (κ1) is 14.6. The number of carbonyl (C=O) groups is 1. The molecule has 2 atom stereocenters. The Hall–Kier alpha value is -2.95. The predicted octanol–water partition coefficient (Wildman–Crippen LogP) is 3.75. The topological polar surface area (TPSA) is 46.9 Å². The van der Waals surface area contributed by atoms with Gasteiger partial charge in [-0.15, -0.1) is 0 Å². The van der Waals surface area contributed by atoms with Crippen LogP contribution >= 0.6 is 0 Å². The molecular weight excluding hydrogens is 305 g/mol. The molecule has 0 aliphatic heterocycles. The minimum absolute atomic E-state index is 0.0260. The molecule has 1 aliphatic rings. The second-order valence-electron chi connectivity index (χ2n) is 5.99. The van der Waals surface area contributed by atoms with Crippen molar-refractivity contribution < 1.29 is 9.18 Å². The Labute approximate surface area is 138 Å². The highest BCUT2D eigenvalue weighted by molar-refractivity contribution is 5.95. The zero-order valence-corrected chi connectivity index (χ0v) is 12.9. The van der Waals surface area contributed by atoms with Crippen molar-refractivity contribution in [2.24, 2.45) is 5.92 Å². The molecule has 4 nitrogen and oxygen atoms in total. The van der Waals surface area contributed by atoms with Gasteiger partial charge in [-0.25, -0.2) is 9.07 Å². The molecule has 0 radical (unpaired) electrons. The molecule has 1 amide bonds. The molecule has 1 heterocycles. The van der Waals surface area contributed by atoms with Gasteiger partial charge in [0.2, 0.25) is 5.91 Å². The van der Waals surface area contributed by atoms with Crippen molar-refractivity contribution in [1.29, 1.82) is 0 Å². The first-order valence-corrected chi connectivity index (χ1v) is 7.87. The Morgan fingerprint density at radius 2 is 2.04 bits per heavy atom. The number of rotatable bonds is 4. The molecule has 1 fully saturated rings. The van der Waals surface area contributed by atoms with Crippen molar-refractivity contribution in [3.05, 3.63) is 78.4 Å². The van der Waals surface area contributed by atoms with Gasteiger partial charge >= 0.3 is 0 Å². The zero-order valence-electron chi connectivity index (χ0n) is 12.9. The van der Waals surface area contributed by atoms with Crippen LogP contribution in [0.2, 0.25) is 0 Å². The van der Waals surface area contributed by atoms with Crippen LogP contribution in [-0.4, -0.2) is 15.7 Å². The summed E-state index contributed by atoms with van der Waals surface area (Å²) < 4.78 is 15.0. The van der Waals surface area contributed by atoms with E-state index in [1.807, 2.05) is 42.6 Å². The highest BCUT2D eigenvalue weighted by Crippen LogP contribution is 2.48. The number of hydrogen-bond donors (Lipinski definition) is 1. The molecule has 0 bridgehead atoms. The van der Waals surface area contributed by atoms with Crippen LogP contribution in [0.1, 0.15) is 17.9 Å². The van der Waals surface area contributed by atoms with Gasteiger partial charge in [0.15, 0.2) is 0 Å². The SMILES string of the molecule is O=C(Nc1cccc(-n2cccn2)c1)[C@H]1C[C@@H]1c1cccc(F)c1. The number of carbonyl (C=O) groups excluding carboxylic acids is 1. The van der Waals surface area contributed by atoms with Crippen LogP contribution in [0.15, 0.2) is 67.0 Å². The molecule has 2 aromatic carbocycles. The van der Waals surface area contributed by atoms with Crippen molar-refractivity contribution in [2.75, 3.05) is 5.32 Å². The molecule has 0 unspecified atom stereocenters. The Bertz CT molecular complexity index is 876. The largest absolute Gasteiger partial charge is 0.326 e. The first-order chi connectivity index (χ1) is 11.7. The number of amides is 1. The van der Waals surface area contributed by atoms with E-state index in [9.17, 15) is 9.18 Å². The number of halogens is 1. The van der Waals surface area contributed by atoms with Gasteiger partial charge in [-0.2, -0.15) is 5.10 Å². The van der Waals surface area contributed by atoms with E-state index in [1.165, 1.54) is 12.1 Å². The number of nitrogens with one attached hydrogen (secondary N) is 1. The lowest BCUT2D eigenvalue weighted by Crippen LogP contribution is -2.14. The molecule has 0 saturated heterocycles. The van der Waals surface area contributed by atoms with E-state index < -0.39 is 0 Å². The van der Waals surface area contributed by atoms with E-state index in [1.54, 1.807) is 16.9 Å². The molecule has 1 saturated carbocycles. The third-order valence-corrected chi connectivity index (χ3v) is 4.29. The highest BCUT2D eigenvalue weighted by atomic mass is 19.1. The second kappa shape index (κ2) is 5.92. The van der Waals surface area contributed by atoms with Gasteiger partial charge in [-0.1, -0.05) is 18.2 Å². The molecule has 120 valence electrons. The molecule has 1 N–H and O–H groups in total. The molecule has 3 aromatic rings. The Kier molecular flexibility index (Phi) is 3.61. The number of aromatic nitrogens is 2. The van der Waals surface area contributed by atoms with Gasteiger partial charge < -0.3 is 5.32 Å². The summed E-state index contributed by atoms with van der Waals surface area (Å²) in [6, 6.07) is 15.9. The van der Waals surface area contributed by atoms with Crippen LogP contribution in [-0.2, 0) is 4.79 Å². The Morgan fingerprint density at radius 1 is 1.17 bits per heavy atom. The van der Waals surface area contributed by atoms with Crippen molar-refractivity contribution in [1.82, 2.24) is 9.78 Å². The molecule has 0 spiro atoms. The van der Waals surface area contributed by atoms with Crippen LogP contribution in [0, 0.1) is 11.7 Å². The smallest absolute Gasteiger partial charge is 0.228 e. The van der Waals surface area contributed by atoms with E-state index in [-0.39, 0.29) is 23.6 Å². The zero-order chi connectivity index (χ0) is 16.5. The average Bonchev–Trinajstić information content (AvgIpc) is 3.21. The van der Waals surface area contributed by atoms with Gasteiger partial charge in [0.05, 0.1) is 5.69 Å². The normalized spacial score (nSPS) is 19.0. The van der Waals surface area contributed by atoms with Crippen molar-refractivity contribution in [3.63, 3.8) is 0 Å². The summed E-state index contributed by atoms with van der Waals surface area (Å²) in [4.78, 5) is 12.4. The highest BCUT2D eigenvalue weighted by Gasteiger charge is 2.44. The summed E-state index contributed by atoms with van der Waals surface area (Å²) in [6.45, 7) is 0. The maximum Gasteiger partial charge on any atom is 0.228 e. The fraction of sp³-hybridized carbons (Fsp3) is 0.158. The van der Waals surface area contributed by atoms with Gasteiger partial charge in [-0.3, -0.25) is 4.79 Å². The minimum atomic E-state index is -0.259. The van der Waals surface area contributed by atoms with Crippen molar-refractivity contribution in [3.8, 4) is 5.69 Å². The third-order valence-electron chi connectivity index (χ3n) is 4.29. The van der Waals surface area contributed by atoms with Gasteiger partial charge in [0.25, 0.3) is 0 Å². The molecule has 5 heteroatoms. The van der Waals surface area contributed by atoms with E-state index in [2.05, 4.69) is 10.4 Å². The van der Waals surface area contributed by atoms with E-state index in [4.69, 9.17) is 0 Å². The monoisotopic (exact) mass is 321 g/mol. The lowest BCUT2D eigenvalue weighted by Gasteiger charge is -2.08. The minimum Gasteiger partial charge on any atom is -0.326 e. The summed E-state index contributed by atoms with van der Waals surface area (Å²) in [7, 11) is 0. The number of hydrogen-bond acceptors (Lipinski definition) is 2. The summed E-state index contributed by atoms with van der Waals surface area (Å²) in [5, 5.41) is 7.13. The predicted molar refractivity (Wildman–Crippen MR) is 89.4 cm³/mol. The van der Waals surface area contributed by atoms with Crippen molar-refractivity contribution in [2.45, 2.75) is 12.3 Å². The van der Waals surface area contributed by atoms with Crippen LogP contribution in [0.4, 0.5) is 10.1 Å². The number of anilines is 1.